The number of anilines is 1. The second kappa shape index (κ2) is 8.47. The van der Waals surface area contributed by atoms with Gasteiger partial charge < -0.3 is 15.2 Å². The van der Waals surface area contributed by atoms with Gasteiger partial charge in [0.05, 0.1) is 22.9 Å². The van der Waals surface area contributed by atoms with Crippen LogP contribution in [0.15, 0.2) is 12.1 Å². The number of halogens is 2. The number of esters is 1. The number of nitrogens with one attached hydrogen (secondary N) is 1. The summed E-state index contributed by atoms with van der Waals surface area (Å²) in [5.74, 6) is -3.52. The summed E-state index contributed by atoms with van der Waals surface area (Å²) in [4.78, 5) is 34.1. The van der Waals surface area contributed by atoms with Gasteiger partial charge in [-0.25, -0.2) is 9.18 Å². The Bertz CT molecular complexity index is 620. The molecule has 1 atom stereocenters. The molecule has 2 N–H and O–H groups in total. The van der Waals surface area contributed by atoms with Crippen LogP contribution in [-0.2, 0) is 14.3 Å². The van der Waals surface area contributed by atoms with Crippen LogP contribution in [-0.4, -0.2) is 29.6 Å². The summed E-state index contributed by atoms with van der Waals surface area (Å²) in [6.07, 6.45) is -0.270. The molecule has 1 aromatic rings. The summed E-state index contributed by atoms with van der Waals surface area (Å²) in [6.45, 7) is 3.33. The first kappa shape index (κ1) is 18.9. The number of carboxylic acids is 1. The Balaban J connectivity index is 2.87. The van der Waals surface area contributed by atoms with Crippen molar-refractivity contribution >= 4 is 35.1 Å². The van der Waals surface area contributed by atoms with E-state index in [0.29, 0.717) is 0 Å². The molecule has 0 saturated carbocycles. The zero-order chi connectivity index (χ0) is 17.6. The van der Waals surface area contributed by atoms with Crippen molar-refractivity contribution in [2.24, 2.45) is 5.92 Å². The van der Waals surface area contributed by atoms with E-state index in [0.717, 1.165) is 12.1 Å². The van der Waals surface area contributed by atoms with Crippen LogP contribution in [0.5, 0.6) is 0 Å². The van der Waals surface area contributed by atoms with Gasteiger partial charge in [-0.15, -0.1) is 0 Å². The predicted octanol–water partition coefficient (Wildman–Crippen LogP) is 3.10. The summed E-state index contributed by atoms with van der Waals surface area (Å²) < 4.78 is 18.6. The third-order valence-electron chi connectivity index (χ3n) is 2.88. The average molecular weight is 346 g/mol. The Morgan fingerprint density at radius 3 is 2.57 bits per heavy atom. The maximum atomic E-state index is 13.8. The molecule has 6 nitrogen and oxygen atoms in total. The van der Waals surface area contributed by atoms with Crippen molar-refractivity contribution in [2.75, 3.05) is 11.9 Å². The van der Waals surface area contributed by atoms with Crippen LogP contribution in [0.1, 0.15) is 37.0 Å². The van der Waals surface area contributed by atoms with Gasteiger partial charge in [0.1, 0.15) is 5.82 Å². The van der Waals surface area contributed by atoms with E-state index in [1.807, 2.05) is 0 Å². The lowest BCUT2D eigenvalue weighted by Gasteiger charge is -2.12. The molecule has 1 amide bonds. The Hall–Kier alpha value is -2.15. The summed E-state index contributed by atoms with van der Waals surface area (Å²) in [7, 11) is 0. The van der Waals surface area contributed by atoms with E-state index >= 15 is 0 Å². The molecule has 1 aromatic carbocycles. The molecule has 8 heteroatoms. The monoisotopic (exact) mass is 345 g/mol. The number of carboxylic acid groups (broad SMARTS) is 1. The van der Waals surface area contributed by atoms with Crippen molar-refractivity contribution in [3.63, 3.8) is 0 Å². The van der Waals surface area contributed by atoms with Gasteiger partial charge in [-0.3, -0.25) is 9.59 Å². The fraction of sp³-hybridized carbons (Fsp3) is 0.400. The largest absolute Gasteiger partial charge is 0.481 e. The highest BCUT2D eigenvalue weighted by Gasteiger charge is 2.18. The van der Waals surface area contributed by atoms with Crippen LogP contribution in [0.3, 0.4) is 0 Å². The maximum Gasteiger partial charge on any atom is 0.339 e. The average Bonchev–Trinajstić information content (AvgIpc) is 2.40. The van der Waals surface area contributed by atoms with Gasteiger partial charge in [-0.05, 0) is 25.0 Å². The molecular weight excluding hydrogens is 329 g/mol. The molecule has 0 radical (unpaired) electrons. The van der Waals surface area contributed by atoms with E-state index in [2.05, 4.69) is 5.32 Å². The first-order chi connectivity index (χ1) is 10.7. The van der Waals surface area contributed by atoms with Gasteiger partial charge in [0.2, 0.25) is 5.91 Å². The number of benzene rings is 1. The summed E-state index contributed by atoms with van der Waals surface area (Å²) in [5.41, 5.74) is -0.284. The molecule has 1 unspecified atom stereocenters. The molecule has 0 bridgehead atoms. The van der Waals surface area contributed by atoms with Crippen LogP contribution in [0.4, 0.5) is 10.1 Å². The topological polar surface area (TPSA) is 92.7 Å². The minimum Gasteiger partial charge on any atom is -0.481 e. The van der Waals surface area contributed by atoms with Crippen LogP contribution >= 0.6 is 11.6 Å². The number of carbonyl (C=O) groups is 3. The summed E-state index contributed by atoms with van der Waals surface area (Å²) >= 11 is 5.79. The fourth-order valence-corrected chi connectivity index (χ4v) is 2.13. The van der Waals surface area contributed by atoms with Gasteiger partial charge in [-0.2, -0.15) is 0 Å². The van der Waals surface area contributed by atoms with Crippen molar-refractivity contribution in [1.82, 2.24) is 0 Å². The van der Waals surface area contributed by atoms with E-state index in [1.165, 1.54) is 0 Å². The lowest BCUT2D eigenvalue weighted by molar-refractivity contribution is -0.138. The van der Waals surface area contributed by atoms with Crippen molar-refractivity contribution in [3.8, 4) is 0 Å². The van der Waals surface area contributed by atoms with E-state index < -0.39 is 29.6 Å². The molecule has 0 aromatic heterocycles. The molecule has 0 aliphatic carbocycles. The quantitative estimate of drug-likeness (QED) is 0.741. The lowest BCUT2D eigenvalue weighted by atomic mass is 10.0. The van der Waals surface area contributed by atoms with E-state index in [9.17, 15) is 18.8 Å². The first-order valence-corrected chi connectivity index (χ1v) is 7.30. The molecule has 0 saturated heterocycles. The third kappa shape index (κ3) is 5.86. The molecule has 1 rings (SSSR count). The second-order valence-corrected chi connectivity index (χ2v) is 5.39. The molecule has 0 fully saturated rings. The minimum absolute atomic E-state index is 0.0659. The Labute approximate surface area is 137 Å². The van der Waals surface area contributed by atoms with Crippen molar-refractivity contribution in [3.05, 3.63) is 28.5 Å². The highest BCUT2D eigenvalue weighted by Crippen LogP contribution is 2.25. The highest BCUT2D eigenvalue weighted by atomic mass is 35.5. The molecule has 0 spiro atoms. The number of hydrogen-bond acceptors (Lipinski definition) is 4. The van der Waals surface area contributed by atoms with Crippen LogP contribution in [0, 0.1) is 11.7 Å². The minimum atomic E-state index is -1.02. The second-order valence-electron chi connectivity index (χ2n) is 4.99. The smallest absolute Gasteiger partial charge is 0.339 e. The zero-order valence-electron chi connectivity index (χ0n) is 12.7. The van der Waals surface area contributed by atoms with Crippen LogP contribution in [0.25, 0.3) is 0 Å². The van der Waals surface area contributed by atoms with Crippen molar-refractivity contribution in [1.29, 1.82) is 0 Å². The Morgan fingerprint density at radius 1 is 1.35 bits per heavy atom. The standard InChI is InChI=1S/C15H17ClFNO5/c1-3-23-15(22)9-6-12(11(17)7-10(9)16)18-13(19)4-8(2)5-14(20)21/h6-8H,3-5H2,1-2H3,(H,18,19)(H,20,21). The first-order valence-electron chi connectivity index (χ1n) is 6.92. The Kier molecular flexibility index (Phi) is 6.96. The van der Waals surface area contributed by atoms with Crippen molar-refractivity contribution in [2.45, 2.75) is 26.7 Å². The van der Waals surface area contributed by atoms with Gasteiger partial charge in [0.25, 0.3) is 0 Å². The molecule has 0 aliphatic rings. The van der Waals surface area contributed by atoms with Crippen molar-refractivity contribution < 1.29 is 28.6 Å². The summed E-state index contributed by atoms with van der Waals surface area (Å²) in [5, 5.41) is 10.8. The number of rotatable bonds is 7. The highest BCUT2D eigenvalue weighted by molar-refractivity contribution is 6.33. The Morgan fingerprint density at radius 2 is 2.00 bits per heavy atom. The number of carbonyl (C=O) groups excluding carboxylic acids is 2. The number of ether oxygens (including phenoxy) is 1. The molecular formula is C15H17ClFNO5. The molecule has 0 heterocycles. The third-order valence-corrected chi connectivity index (χ3v) is 3.20. The maximum absolute atomic E-state index is 13.8. The normalized spacial score (nSPS) is 11.7. The SMILES string of the molecule is CCOC(=O)c1cc(NC(=O)CC(C)CC(=O)O)c(F)cc1Cl. The van der Waals surface area contributed by atoms with Crippen LogP contribution < -0.4 is 5.32 Å². The van der Waals surface area contributed by atoms with Gasteiger partial charge in [0, 0.05) is 12.8 Å². The van der Waals surface area contributed by atoms with E-state index in [1.54, 1.807) is 13.8 Å². The van der Waals surface area contributed by atoms with Crippen LogP contribution in [0.2, 0.25) is 5.02 Å². The fourth-order valence-electron chi connectivity index (χ4n) is 1.90. The van der Waals surface area contributed by atoms with Gasteiger partial charge in [0.15, 0.2) is 0 Å². The summed E-state index contributed by atoms with van der Waals surface area (Å²) in [6, 6.07) is 2.00. The lowest BCUT2D eigenvalue weighted by Crippen LogP contribution is -2.18. The number of amides is 1. The van der Waals surface area contributed by atoms with E-state index in [-0.39, 0.29) is 35.7 Å². The van der Waals surface area contributed by atoms with Gasteiger partial charge in [-0.1, -0.05) is 18.5 Å². The predicted molar refractivity (Wildman–Crippen MR) is 82.0 cm³/mol. The number of hydrogen-bond donors (Lipinski definition) is 2. The zero-order valence-corrected chi connectivity index (χ0v) is 13.4. The molecule has 126 valence electrons. The number of aliphatic carboxylic acids is 1. The molecule has 23 heavy (non-hydrogen) atoms. The molecule has 0 aliphatic heterocycles. The van der Waals surface area contributed by atoms with Gasteiger partial charge >= 0.3 is 11.9 Å². The van der Waals surface area contributed by atoms with E-state index in [4.69, 9.17) is 21.4 Å².